The molecule has 0 aliphatic heterocycles. The van der Waals surface area contributed by atoms with Crippen molar-refractivity contribution in [2.75, 3.05) is 5.73 Å². The highest BCUT2D eigenvalue weighted by molar-refractivity contribution is 6.37. The molecule has 1 aromatic heterocycles. The molecule has 0 spiro atoms. The van der Waals surface area contributed by atoms with Crippen molar-refractivity contribution in [3.8, 4) is 22.8 Å². The van der Waals surface area contributed by atoms with Gasteiger partial charge in [0.2, 0.25) is 5.82 Å². The van der Waals surface area contributed by atoms with Gasteiger partial charge in [0.1, 0.15) is 0 Å². The zero-order valence-corrected chi connectivity index (χ0v) is 12.7. The van der Waals surface area contributed by atoms with Crippen LogP contribution in [0.2, 0.25) is 15.1 Å². The van der Waals surface area contributed by atoms with Gasteiger partial charge in [-0.25, -0.2) is 0 Å². The van der Waals surface area contributed by atoms with Gasteiger partial charge < -0.3 is 10.3 Å². The third-order valence-corrected chi connectivity index (χ3v) is 3.73. The van der Waals surface area contributed by atoms with Crippen LogP contribution in [0.25, 0.3) is 22.8 Å². The highest BCUT2D eigenvalue weighted by Gasteiger charge is 2.17. The van der Waals surface area contributed by atoms with Crippen LogP contribution in [0, 0.1) is 0 Å². The second-order valence-corrected chi connectivity index (χ2v) is 5.50. The first-order chi connectivity index (χ1) is 10.1. The van der Waals surface area contributed by atoms with Crippen molar-refractivity contribution in [2.24, 2.45) is 0 Å². The number of benzene rings is 2. The van der Waals surface area contributed by atoms with E-state index in [0.717, 1.165) is 0 Å². The zero-order chi connectivity index (χ0) is 15.0. The predicted octanol–water partition coefficient (Wildman–Crippen LogP) is 4.95. The highest BCUT2D eigenvalue weighted by atomic mass is 35.5. The van der Waals surface area contributed by atoms with Gasteiger partial charge in [0.15, 0.2) is 0 Å². The fraction of sp³-hybridized carbons (Fsp3) is 0. The smallest absolute Gasteiger partial charge is 0.260 e. The second kappa shape index (κ2) is 5.56. The molecule has 0 bridgehead atoms. The lowest BCUT2D eigenvalue weighted by molar-refractivity contribution is 0.432. The Kier molecular flexibility index (Phi) is 3.76. The van der Waals surface area contributed by atoms with E-state index in [1.165, 1.54) is 0 Å². The summed E-state index contributed by atoms with van der Waals surface area (Å²) in [5.41, 5.74) is 7.40. The normalized spacial score (nSPS) is 10.8. The zero-order valence-electron chi connectivity index (χ0n) is 10.5. The molecule has 3 rings (SSSR count). The summed E-state index contributed by atoms with van der Waals surface area (Å²) in [7, 11) is 0. The molecule has 2 aromatic carbocycles. The molecule has 0 aliphatic rings. The summed E-state index contributed by atoms with van der Waals surface area (Å²) in [5.74, 6) is 0.595. The van der Waals surface area contributed by atoms with Crippen LogP contribution in [0.5, 0.6) is 0 Å². The van der Waals surface area contributed by atoms with Gasteiger partial charge in [0, 0.05) is 10.6 Å². The maximum Gasteiger partial charge on any atom is 0.260 e. The van der Waals surface area contributed by atoms with Gasteiger partial charge in [-0.1, -0.05) is 52.1 Å². The van der Waals surface area contributed by atoms with E-state index in [1.54, 1.807) is 24.3 Å². The lowest BCUT2D eigenvalue weighted by Crippen LogP contribution is -1.92. The molecule has 106 valence electrons. The Bertz CT molecular complexity index is 817. The molecule has 0 saturated heterocycles. The van der Waals surface area contributed by atoms with Crippen molar-refractivity contribution >= 4 is 40.5 Å². The molecule has 0 atom stereocenters. The molecule has 2 N–H and O–H groups in total. The molecule has 0 aliphatic carbocycles. The molecule has 21 heavy (non-hydrogen) atoms. The highest BCUT2D eigenvalue weighted by Crippen LogP contribution is 2.35. The summed E-state index contributed by atoms with van der Waals surface area (Å²) in [6.07, 6.45) is 0. The summed E-state index contributed by atoms with van der Waals surface area (Å²) < 4.78 is 5.23. The molecular formula is C14H8Cl3N3O. The molecule has 0 amide bonds. The largest absolute Gasteiger partial charge is 0.397 e. The van der Waals surface area contributed by atoms with Crippen LogP contribution >= 0.6 is 34.8 Å². The number of nitrogens with two attached hydrogens (primary N) is 1. The first kappa shape index (κ1) is 14.2. The molecule has 0 radical (unpaired) electrons. The predicted molar refractivity (Wildman–Crippen MR) is 84.6 cm³/mol. The maximum atomic E-state index is 6.11. The van der Waals surface area contributed by atoms with Crippen molar-refractivity contribution < 1.29 is 4.52 Å². The Morgan fingerprint density at radius 2 is 1.71 bits per heavy atom. The van der Waals surface area contributed by atoms with E-state index in [2.05, 4.69) is 10.1 Å². The minimum atomic E-state index is 0.229. The van der Waals surface area contributed by atoms with Crippen LogP contribution in [0.1, 0.15) is 0 Å². The molecular weight excluding hydrogens is 333 g/mol. The topological polar surface area (TPSA) is 64.9 Å². The molecule has 3 aromatic rings. The van der Waals surface area contributed by atoms with E-state index < -0.39 is 0 Å². The van der Waals surface area contributed by atoms with Crippen LogP contribution in [0.15, 0.2) is 40.9 Å². The monoisotopic (exact) mass is 339 g/mol. The van der Waals surface area contributed by atoms with Gasteiger partial charge in [-0.2, -0.15) is 4.98 Å². The Balaban J connectivity index is 2.09. The third-order valence-electron chi connectivity index (χ3n) is 2.87. The minimum Gasteiger partial charge on any atom is -0.397 e. The fourth-order valence-electron chi connectivity index (χ4n) is 1.85. The minimum absolute atomic E-state index is 0.229. The fourth-order valence-corrected chi connectivity index (χ4v) is 2.56. The maximum absolute atomic E-state index is 6.11. The van der Waals surface area contributed by atoms with E-state index in [9.17, 15) is 0 Å². The van der Waals surface area contributed by atoms with E-state index in [-0.39, 0.29) is 5.89 Å². The number of halogens is 3. The van der Waals surface area contributed by atoms with Crippen LogP contribution in [-0.2, 0) is 0 Å². The average molecular weight is 341 g/mol. The van der Waals surface area contributed by atoms with Crippen molar-refractivity contribution in [1.82, 2.24) is 10.1 Å². The van der Waals surface area contributed by atoms with Gasteiger partial charge in [-0.15, -0.1) is 0 Å². The average Bonchev–Trinajstić information content (AvgIpc) is 2.92. The van der Waals surface area contributed by atoms with Crippen LogP contribution in [-0.4, -0.2) is 10.1 Å². The standard InChI is InChI=1S/C14H8Cl3N3O/c15-7-5-9(12(18)11(17)6-7)14-19-13(20-21-14)8-3-1-2-4-10(8)16/h1-6H,18H2. The van der Waals surface area contributed by atoms with Crippen LogP contribution in [0.3, 0.4) is 0 Å². The number of anilines is 1. The Morgan fingerprint density at radius 3 is 2.48 bits per heavy atom. The molecule has 0 unspecified atom stereocenters. The van der Waals surface area contributed by atoms with Gasteiger partial charge in [-0.05, 0) is 24.3 Å². The third kappa shape index (κ3) is 2.70. The molecule has 0 fully saturated rings. The Hall–Kier alpha value is -1.75. The van der Waals surface area contributed by atoms with Gasteiger partial charge in [0.05, 0.1) is 21.3 Å². The molecule has 0 saturated carbocycles. The quantitative estimate of drug-likeness (QED) is 0.671. The van der Waals surface area contributed by atoms with Crippen molar-refractivity contribution in [3.05, 3.63) is 51.5 Å². The summed E-state index contributed by atoms with van der Waals surface area (Å²) in [6, 6.07) is 10.4. The van der Waals surface area contributed by atoms with Crippen LogP contribution in [0.4, 0.5) is 5.69 Å². The number of nitrogen functional groups attached to an aromatic ring is 1. The van der Waals surface area contributed by atoms with Crippen molar-refractivity contribution in [1.29, 1.82) is 0 Å². The number of hydrogen-bond acceptors (Lipinski definition) is 4. The van der Waals surface area contributed by atoms with Gasteiger partial charge >= 0.3 is 0 Å². The summed E-state index contributed by atoms with van der Waals surface area (Å²) >= 11 is 18.1. The second-order valence-electron chi connectivity index (χ2n) is 4.25. The number of hydrogen-bond donors (Lipinski definition) is 1. The molecule has 1 heterocycles. The first-order valence-electron chi connectivity index (χ1n) is 5.90. The van der Waals surface area contributed by atoms with Gasteiger partial charge in [0.25, 0.3) is 5.89 Å². The van der Waals surface area contributed by atoms with Crippen molar-refractivity contribution in [3.63, 3.8) is 0 Å². The van der Waals surface area contributed by atoms with E-state index >= 15 is 0 Å². The number of rotatable bonds is 2. The lowest BCUT2D eigenvalue weighted by Gasteiger charge is -2.03. The van der Waals surface area contributed by atoms with E-state index in [4.69, 9.17) is 45.1 Å². The van der Waals surface area contributed by atoms with Crippen LogP contribution < -0.4 is 5.73 Å². The number of nitrogens with zero attached hydrogens (tertiary/aromatic N) is 2. The summed E-state index contributed by atoms with van der Waals surface area (Å²) in [6.45, 7) is 0. The van der Waals surface area contributed by atoms with E-state index in [0.29, 0.717) is 37.7 Å². The number of aromatic nitrogens is 2. The summed E-state index contributed by atoms with van der Waals surface area (Å²) in [5, 5.41) is 5.20. The summed E-state index contributed by atoms with van der Waals surface area (Å²) in [4.78, 5) is 4.30. The van der Waals surface area contributed by atoms with Gasteiger partial charge in [-0.3, -0.25) is 0 Å². The lowest BCUT2D eigenvalue weighted by atomic mass is 10.1. The Labute approximate surface area is 135 Å². The van der Waals surface area contributed by atoms with E-state index in [1.807, 2.05) is 12.1 Å². The first-order valence-corrected chi connectivity index (χ1v) is 7.03. The SMILES string of the molecule is Nc1c(Cl)cc(Cl)cc1-c1nc(-c2ccccc2Cl)no1. The molecule has 4 nitrogen and oxygen atoms in total. The Morgan fingerprint density at radius 1 is 0.952 bits per heavy atom. The van der Waals surface area contributed by atoms with Crippen molar-refractivity contribution in [2.45, 2.75) is 0 Å². The molecule has 7 heteroatoms.